The number of rotatable bonds is 5. The molecule has 136 valence electrons. The van der Waals surface area contributed by atoms with Crippen LogP contribution in [-0.2, 0) is 4.79 Å². The van der Waals surface area contributed by atoms with Crippen molar-refractivity contribution in [1.82, 2.24) is 0 Å². The Morgan fingerprint density at radius 1 is 1.07 bits per heavy atom. The minimum atomic E-state index is -1.18. The summed E-state index contributed by atoms with van der Waals surface area (Å²) in [5, 5.41) is 11.7. The Balaban J connectivity index is 1.68. The molecule has 2 aromatic carbocycles. The number of hydrogen-bond donors (Lipinski definition) is 2. The molecule has 0 radical (unpaired) electrons. The third kappa shape index (κ3) is 4.62. The van der Waals surface area contributed by atoms with E-state index in [4.69, 9.17) is 21.1 Å². The number of hydrogen-bond acceptors (Lipinski definition) is 3. The SMILES string of the molecule is O=C(/C=C/c1ccc(-c2ccc(F)cc2)o1)Nc1ccc(Cl)c(C(=O)O)c1. The smallest absolute Gasteiger partial charge is 0.337 e. The molecule has 0 unspecified atom stereocenters. The highest BCUT2D eigenvalue weighted by Gasteiger charge is 2.10. The lowest BCUT2D eigenvalue weighted by atomic mass is 10.2. The molecule has 0 spiro atoms. The monoisotopic (exact) mass is 385 g/mol. The third-order valence-electron chi connectivity index (χ3n) is 3.62. The van der Waals surface area contributed by atoms with Crippen LogP contribution in [0.2, 0.25) is 5.02 Å². The van der Waals surface area contributed by atoms with E-state index in [-0.39, 0.29) is 16.4 Å². The van der Waals surface area contributed by atoms with Crippen molar-refractivity contribution < 1.29 is 23.5 Å². The zero-order chi connectivity index (χ0) is 19.4. The van der Waals surface area contributed by atoms with Crippen molar-refractivity contribution in [2.75, 3.05) is 5.32 Å². The van der Waals surface area contributed by atoms with Gasteiger partial charge in [-0.25, -0.2) is 9.18 Å². The highest BCUT2D eigenvalue weighted by molar-refractivity contribution is 6.33. The van der Waals surface area contributed by atoms with Gasteiger partial charge in [0.25, 0.3) is 0 Å². The lowest BCUT2D eigenvalue weighted by Crippen LogP contribution is -2.09. The fourth-order valence-corrected chi connectivity index (χ4v) is 2.52. The van der Waals surface area contributed by atoms with E-state index in [1.165, 1.54) is 42.5 Å². The first kappa shape index (κ1) is 18.4. The van der Waals surface area contributed by atoms with Crippen molar-refractivity contribution in [3.63, 3.8) is 0 Å². The van der Waals surface area contributed by atoms with Crippen LogP contribution in [0.5, 0.6) is 0 Å². The summed E-state index contributed by atoms with van der Waals surface area (Å²) < 4.78 is 18.6. The number of amides is 1. The van der Waals surface area contributed by atoms with Gasteiger partial charge in [-0.1, -0.05) is 11.6 Å². The molecule has 0 bridgehead atoms. The van der Waals surface area contributed by atoms with Gasteiger partial charge in [-0.05, 0) is 60.7 Å². The summed E-state index contributed by atoms with van der Waals surface area (Å²) >= 11 is 5.79. The Kier molecular flexibility index (Phi) is 5.38. The van der Waals surface area contributed by atoms with E-state index in [1.807, 2.05) is 0 Å². The molecule has 5 nitrogen and oxygen atoms in total. The average molecular weight is 386 g/mol. The molecule has 1 heterocycles. The van der Waals surface area contributed by atoms with Crippen LogP contribution in [0.1, 0.15) is 16.1 Å². The van der Waals surface area contributed by atoms with Gasteiger partial charge in [-0.2, -0.15) is 0 Å². The number of aromatic carboxylic acids is 1. The summed E-state index contributed by atoms with van der Waals surface area (Å²) in [6, 6.07) is 13.4. The first-order valence-electron chi connectivity index (χ1n) is 7.80. The summed E-state index contributed by atoms with van der Waals surface area (Å²) in [5.41, 5.74) is 0.911. The van der Waals surface area contributed by atoms with Gasteiger partial charge < -0.3 is 14.8 Å². The lowest BCUT2D eigenvalue weighted by molar-refractivity contribution is -0.111. The Labute approximate surface area is 158 Å². The van der Waals surface area contributed by atoms with Crippen LogP contribution < -0.4 is 5.32 Å². The molecule has 0 saturated heterocycles. The number of furan rings is 1. The second-order valence-electron chi connectivity index (χ2n) is 5.53. The van der Waals surface area contributed by atoms with Crippen LogP contribution in [0.3, 0.4) is 0 Å². The lowest BCUT2D eigenvalue weighted by Gasteiger charge is -2.04. The molecular weight excluding hydrogens is 373 g/mol. The number of carbonyl (C=O) groups excluding carboxylic acids is 1. The zero-order valence-electron chi connectivity index (χ0n) is 13.8. The van der Waals surface area contributed by atoms with Crippen molar-refractivity contribution in [2.24, 2.45) is 0 Å². The maximum atomic E-state index is 13.0. The van der Waals surface area contributed by atoms with Crippen LogP contribution >= 0.6 is 11.6 Å². The Morgan fingerprint density at radius 2 is 1.81 bits per heavy atom. The minimum absolute atomic E-state index is 0.0833. The predicted octanol–water partition coefficient (Wildman–Crippen LogP) is 5.09. The first-order valence-corrected chi connectivity index (χ1v) is 8.18. The predicted molar refractivity (Wildman–Crippen MR) is 100 cm³/mol. The van der Waals surface area contributed by atoms with E-state index in [0.29, 0.717) is 22.8 Å². The molecule has 0 fully saturated rings. The van der Waals surface area contributed by atoms with Gasteiger partial charge >= 0.3 is 5.97 Å². The van der Waals surface area contributed by atoms with Crippen molar-refractivity contribution in [2.45, 2.75) is 0 Å². The molecule has 0 aliphatic rings. The summed E-state index contributed by atoms with van der Waals surface area (Å²) in [6.07, 6.45) is 2.72. The third-order valence-corrected chi connectivity index (χ3v) is 3.95. The van der Waals surface area contributed by atoms with Gasteiger partial charge in [-0.3, -0.25) is 4.79 Å². The molecule has 7 heteroatoms. The molecular formula is C20H13ClFNO4. The standard InChI is InChI=1S/C20H13ClFNO4/c21-17-8-5-14(11-16(17)20(25)26)23-19(24)10-7-15-6-9-18(27-15)12-1-3-13(22)4-2-12/h1-11H,(H,23,24)(H,25,26)/b10-7+. The quantitative estimate of drug-likeness (QED) is 0.599. The molecule has 27 heavy (non-hydrogen) atoms. The van der Waals surface area contributed by atoms with Gasteiger partial charge in [-0.15, -0.1) is 0 Å². The number of carbonyl (C=O) groups is 2. The van der Waals surface area contributed by atoms with Crippen molar-refractivity contribution in [3.05, 3.63) is 82.8 Å². The van der Waals surface area contributed by atoms with E-state index < -0.39 is 11.9 Å². The van der Waals surface area contributed by atoms with Crippen LogP contribution in [0.25, 0.3) is 17.4 Å². The Bertz CT molecular complexity index is 1020. The summed E-state index contributed by atoms with van der Waals surface area (Å²) in [4.78, 5) is 23.1. The summed E-state index contributed by atoms with van der Waals surface area (Å²) in [5.74, 6) is -1.01. The molecule has 0 aliphatic carbocycles. The summed E-state index contributed by atoms with van der Waals surface area (Å²) in [6.45, 7) is 0. The molecule has 1 amide bonds. The van der Waals surface area contributed by atoms with Gasteiger partial charge in [0, 0.05) is 17.3 Å². The van der Waals surface area contributed by atoms with E-state index in [2.05, 4.69) is 5.32 Å². The van der Waals surface area contributed by atoms with E-state index in [9.17, 15) is 14.0 Å². The number of nitrogens with one attached hydrogen (secondary N) is 1. The Hall–Kier alpha value is -3.38. The number of carboxylic acid groups (broad SMARTS) is 1. The normalized spacial score (nSPS) is 10.9. The molecule has 1 aromatic heterocycles. The molecule has 3 rings (SSSR count). The average Bonchev–Trinajstić information content (AvgIpc) is 3.11. The molecule has 0 saturated carbocycles. The maximum Gasteiger partial charge on any atom is 0.337 e. The number of halogens is 2. The number of benzene rings is 2. The van der Waals surface area contributed by atoms with Gasteiger partial charge in [0.15, 0.2) is 0 Å². The second-order valence-corrected chi connectivity index (χ2v) is 5.94. The van der Waals surface area contributed by atoms with Gasteiger partial charge in [0.05, 0.1) is 10.6 Å². The van der Waals surface area contributed by atoms with Crippen LogP contribution in [0.15, 0.2) is 65.1 Å². The topological polar surface area (TPSA) is 79.5 Å². The van der Waals surface area contributed by atoms with E-state index in [1.54, 1.807) is 24.3 Å². The highest BCUT2D eigenvalue weighted by Crippen LogP contribution is 2.23. The van der Waals surface area contributed by atoms with Gasteiger partial charge in [0.1, 0.15) is 17.3 Å². The molecule has 3 aromatic rings. The van der Waals surface area contributed by atoms with Crippen molar-refractivity contribution in [1.29, 1.82) is 0 Å². The fourth-order valence-electron chi connectivity index (χ4n) is 2.32. The van der Waals surface area contributed by atoms with Crippen LogP contribution in [0, 0.1) is 5.82 Å². The van der Waals surface area contributed by atoms with Gasteiger partial charge in [0.2, 0.25) is 5.91 Å². The molecule has 2 N–H and O–H groups in total. The fraction of sp³-hybridized carbons (Fsp3) is 0. The van der Waals surface area contributed by atoms with Crippen molar-refractivity contribution in [3.8, 4) is 11.3 Å². The maximum absolute atomic E-state index is 13.0. The van der Waals surface area contributed by atoms with E-state index in [0.717, 1.165) is 0 Å². The van der Waals surface area contributed by atoms with Crippen LogP contribution in [0.4, 0.5) is 10.1 Å². The summed E-state index contributed by atoms with van der Waals surface area (Å²) in [7, 11) is 0. The minimum Gasteiger partial charge on any atom is -0.478 e. The molecule has 0 aliphatic heterocycles. The highest BCUT2D eigenvalue weighted by atomic mass is 35.5. The second kappa shape index (κ2) is 7.88. The van der Waals surface area contributed by atoms with Crippen LogP contribution in [-0.4, -0.2) is 17.0 Å². The first-order chi connectivity index (χ1) is 12.9. The van der Waals surface area contributed by atoms with Crippen molar-refractivity contribution >= 4 is 35.2 Å². The number of anilines is 1. The van der Waals surface area contributed by atoms with E-state index >= 15 is 0 Å². The number of carboxylic acids is 1. The zero-order valence-corrected chi connectivity index (χ0v) is 14.5. The largest absolute Gasteiger partial charge is 0.478 e. The molecule has 0 atom stereocenters. The Morgan fingerprint density at radius 3 is 2.52 bits per heavy atom.